The van der Waals surface area contributed by atoms with Crippen molar-refractivity contribution in [3.63, 3.8) is 0 Å². The van der Waals surface area contributed by atoms with E-state index < -0.39 is 11.9 Å². The van der Waals surface area contributed by atoms with E-state index in [2.05, 4.69) is 0 Å². The number of hydrogen-bond acceptors (Lipinski definition) is 2. The molecule has 0 fully saturated rings. The average molecular weight is 214 g/mol. The summed E-state index contributed by atoms with van der Waals surface area (Å²) in [6.07, 6.45) is 0.426. The third-order valence-corrected chi connectivity index (χ3v) is 2.24. The van der Waals surface area contributed by atoms with Crippen molar-refractivity contribution < 1.29 is 9.90 Å². The first-order valence-corrected chi connectivity index (χ1v) is 4.71. The van der Waals surface area contributed by atoms with Gasteiger partial charge in [-0.1, -0.05) is 23.7 Å². The molecule has 1 aromatic carbocycles. The predicted octanol–water partition coefficient (Wildman–Crippen LogP) is 1.86. The quantitative estimate of drug-likeness (QED) is 0.803. The second kappa shape index (κ2) is 4.98. The topological polar surface area (TPSA) is 63.3 Å². The Balaban J connectivity index is 2.93. The summed E-state index contributed by atoms with van der Waals surface area (Å²) in [5, 5.41) is 9.50. The number of benzene rings is 1. The lowest BCUT2D eigenvalue weighted by molar-refractivity contribution is -0.138. The molecule has 0 aliphatic carbocycles. The Kier molecular flexibility index (Phi) is 3.92. The van der Waals surface area contributed by atoms with Gasteiger partial charge < -0.3 is 10.8 Å². The second-order valence-electron chi connectivity index (χ2n) is 3.02. The van der Waals surface area contributed by atoms with Crippen LogP contribution in [0.2, 0.25) is 5.02 Å². The van der Waals surface area contributed by atoms with Gasteiger partial charge in [0, 0.05) is 5.02 Å². The number of nitrogens with two attached hydrogens (primary N) is 1. The van der Waals surface area contributed by atoms with E-state index in [4.69, 9.17) is 22.4 Å². The zero-order chi connectivity index (χ0) is 10.6. The van der Waals surface area contributed by atoms with Crippen molar-refractivity contribution in [2.75, 3.05) is 6.54 Å². The van der Waals surface area contributed by atoms with E-state index in [1.54, 1.807) is 24.3 Å². The predicted molar refractivity (Wildman–Crippen MR) is 55.5 cm³/mol. The third kappa shape index (κ3) is 2.72. The van der Waals surface area contributed by atoms with Crippen LogP contribution < -0.4 is 5.73 Å². The Morgan fingerprint density at radius 2 is 2.29 bits per heavy atom. The van der Waals surface area contributed by atoms with E-state index in [1.807, 2.05) is 0 Å². The summed E-state index contributed by atoms with van der Waals surface area (Å²) < 4.78 is 0. The highest BCUT2D eigenvalue weighted by atomic mass is 35.5. The summed E-state index contributed by atoms with van der Waals surface area (Å²) >= 11 is 5.77. The van der Waals surface area contributed by atoms with Gasteiger partial charge in [-0.2, -0.15) is 0 Å². The maximum Gasteiger partial charge on any atom is 0.311 e. The Hall–Kier alpha value is -1.06. The monoisotopic (exact) mass is 213 g/mol. The van der Waals surface area contributed by atoms with Crippen LogP contribution in [0.5, 0.6) is 0 Å². The van der Waals surface area contributed by atoms with Crippen LogP contribution >= 0.6 is 11.6 Å². The molecule has 0 aromatic heterocycles. The first-order chi connectivity index (χ1) is 6.65. The van der Waals surface area contributed by atoms with E-state index in [0.717, 1.165) is 0 Å². The number of rotatable bonds is 4. The van der Waals surface area contributed by atoms with Gasteiger partial charge in [-0.25, -0.2) is 0 Å². The van der Waals surface area contributed by atoms with E-state index in [0.29, 0.717) is 23.6 Å². The van der Waals surface area contributed by atoms with E-state index in [9.17, 15) is 4.79 Å². The molecule has 14 heavy (non-hydrogen) atoms. The van der Waals surface area contributed by atoms with Gasteiger partial charge in [0.2, 0.25) is 0 Å². The number of hydrogen-bond donors (Lipinski definition) is 2. The summed E-state index contributed by atoms with van der Waals surface area (Å²) in [6, 6.07) is 6.87. The molecule has 4 heteroatoms. The van der Waals surface area contributed by atoms with Crippen LogP contribution in [0, 0.1) is 0 Å². The van der Waals surface area contributed by atoms with Crippen molar-refractivity contribution in [3.05, 3.63) is 34.9 Å². The molecule has 3 N–H and O–H groups in total. The van der Waals surface area contributed by atoms with E-state index in [1.165, 1.54) is 0 Å². The van der Waals surface area contributed by atoms with Crippen molar-refractivity contribution in [1.29, 1.82) is 0 Å². The van der Waals surface area contributed by atoms with E-state index in [-0.39, 0.29) is 0 Å². The van der Waals surface area contributed by atoms with Gasteiger partial charge in [0.05, 0.1) is 5.92 Å². The van der Waals surface area contributed by atoms with Gasteiger partial charge >= 0.3 is 5.97 Å². The maximum atomic E-state index is 10.9. The molecule has 3 nitrogen and oxygen atoms in total. The number of carboxylic acid groups (broad SMARTS) is 1. The van der Waals surface area contributed by atoms with Crippen molar-refractivity contribution in [3.8, 4) is 0 Å². The minimum absolute atomic E-state index is 0.351. The van der Waals surface area contributed by atoms with Gasteiger partial charge in [0.1, 0.15) is 0 Å². The summed E-state index contributed by atoms with van der Waals surface area (Å²) in [4.78, 5) is 10.9. The normalized spacial score (nSPS) is 12.4. The number of carboxylic acids is 1. The van der Waals surface area contributed by atoms with Crippen molar-refractivity contribution in [1.82, 2.24) is 0 Å². The molecule has 0 amide bonds. The highest BCUT2D eigenvalue weighted by Gasteiger charge is 2.18. The fraction of sp³-hybridized carbons (Fsp3) is 0.300. The highest BCUT2D eigenvalue weighted by Crippen LogP contribution is 2.22. The lowest BCUT2D eigenvalue weighted by Gasteiger charge is -2.11. The molecule has 76 valence electrons. The average Bonchev–Trinajstić information content (AvgIpc) is 2.13. The molecule has 0 aliphatic rings. The van der Waals surface area contributed by atoms with Gasteiger partial charge in [-0.05, 0) is 30.7 Å². The van der Waals surface area contributed by atoms with Crippen molar-refractivity contribution in [2.24, 2.45) is 5.73 Å². The Morgan fingerprint density at radius 3 is 2.79 bits per heavy atom. The molecule has 0 spiro atoms. The SMILES string of the molecule is NCCC(C(=O)O)c1cccc(Cl)c1. The first-order valence-electron chi connectivity index (χ1n) is 4.33. The second-order valence-corrected chi connectivity index (χ2v) is 3.46. The van der Waals surface area contributed by atoms with Gasteiger partial charge in [-0.15, -0.1) is 0 Å². The Labute approximate surface area is 87.5 Å². The summed E-state index contributed by atoms with van der Waals surface area (Å²) in [5.41, 5.74) is 6.05. The molecule has 1 atom stereocenters. The van der Waals surface area contributed by atoms with Crippen molar-refractivity contribution >= 4 is 17.6 Å². The fourth-order valence-electron chi connectivity index (χ4n) is 1.32. The number of aliphatic carboxylic acids is 1. The molecular formula is C10H12ClNO2. The smallest absolute Gasteiger partial charge is 0.311 e. The standard InChI is InChI=1S/C10H12ClNO2/c11-8-3-1-2-7(6-8)9(4-5-12)10(13)14/h1-3,6,9H,4-5,12H2,(H,13,14). The van der Waals surface area contributed by atoms with Crippen LogP contribution in [-0.4, -0.2) is 17.6 Å². The summed E-state index contributed by atoms with van der Waals surface area (Å²) in [7, 11) is 0. The van der Waals surface area contributed by atoms with Crippen LogP contribution in [0.4, 0.5) is 0 Å². The van der Waals surface area contributed by atoms with Gasteiger partial charge in [0.15, 0.2) is 0 Å². The molecule has 0 aliphatic heterocycles. The lowest BCUT2D eigenvalue weighted by atomic mass is 9.96. The van der Waals surface area contributed by atoms with Crippen LogP contribution in [0.3, 0.4) is 0 Å². The minimum Gasteiger partial charge on any atom is -0.481 e. The largest absolute Gasteiger partial charge is 0.481 e. The van der Waals surface area contributed by atoms with Gasteiger partial charge in [0.25, 0.3) is 0 Å². The molecule has 0 radical (unpaired) electrons. The Bertz CT molecular complexity index is 328. The lowest BCUT2D eigenvalue weighted by Crippen LogP contribution is -2.15. The molecule has 0 heterocycles. The van der Waals surface area contributed by atoms with Crippen molar-refractivity contribution in [2.45, 2.75) is 12.3 Å². The zero-order valence-corrected chi connectivity index (χ0v) is 8.37. The van der Waals surface area contributed by atoms with E-state index >= 15 is 0 Å². The molecule has 1 rings (SSSR count). The molecule has 0 saturated heterocycles. The Morgan fingerprint density at radius 1 is 1.57 bits per heavy atom. The zero-order valence-electron chi connectivity index (χ0n) is 7.61. The molecule has 1 unspecified atom stereocenters. The fourth-order valence-corrected chi connectivity index (χ4v) is 1.52. The molecule has 1 aromatic rings. The van der Waals surface area contributed by atoms with Gasteiger partial charge in [-0.3, -0.25) is 4.79 Å². The van der Waals surface area contributed by atoms with Crippen LogP contribution in [-0.2, 0) is 4.79 Å². The first kappa shape index (κ1) is 11.0. The van der Waals surface area contributed by atoms with Crippen LogP contribution in [0.15, 0.2) is 24.3 Å². The summed E-state index contributed by atoms with van der Waals surface area (Å²) in [5.74, 6) is -1.42. The number of halogens is 1. The maximum absolute atomic E-state index is 10.9. The number of carbonyl (C=O) groups is 1. The molecular weight excluding hydrogens is 202 g/mol. The summed E-state index contributed by atoms with van der Waals surface area (Å²) in [6.45, 7) is 0.351. The third-order valence-electron chi connectivity index (χ3n) is 2.00. The van der Waals surface area contributed by atoms with Crippen LogP contribution in [0.25, 0.3) is 0 Å². The molecule has 0 saturated carbocycles. The minimum atomic E-state index is -0.863. The highest BCUT2D eigenvalue weighted by molar-refractivity contribution is 6.30. The molecule has 0 bridgehead atoms. The van der Waals surface area contributed by atoms with Crippen LogP contribution in [0.1, 0.15) is 17.9 Å².